The van der Waals surface area contributed by atoms with Crippen molar-refractivity contribution in [3.05, 3.63) is 34.9 Å². The number of benzene rings is 1. The van der Waals surface area contributed by atoms with Crippen LogP contribution < -0.4 is 16.0 Å². The van der Waals surface area contributed by atoms with Crippen LogP contribution in [0.1, 0.15) is 37.7 Å². The first-order valence-electron chi connectivity index (χ1n) is 8.17. The predicted octanol–water partition coefficient (Wildman–Crippen LogP) is 2.38. The molecule has 0 unspecified atom stereocenters. The largest absolute Gasteiger partial charge is 0.349 e. The summed E-state index contributed by atoms with van der Waals surface area (Å²) in [7, 11) is 0. The van der Waals surface area contributed by atoms with Crippen molar-refractivity contribution < 1.29 is 9.59 Å². The van der Waals surface area contributed by atoms with E-state index in [0.29, 0.717) is 24.4 Å². The fourth-order valence-corrected chi connectivity index (χ4v) is 3.66. The molecule has 3 rings (SSSR count). The summed E-state index contributed by atoms with van der Waals surface area (Å²) in [5, 5.41) is 9.71. The summed E-state index contributed by atoms with van der Waals surface area (Å²) >= 11 is 5.95. The third-order valence-corrected chi connectivity index (χ3v) is 5.09. The Morgan fingerprint density at radius 2 is 2.22 bits per heavy atom. The van der Waals surface area contributed by atoms with Gasteiger partial charge in [0.05, 0.1) is 11.6 Å². The molecule has 1 atom stereocenters. The number of nitrogens with one attached hydrogen (secondary N) is 3. The number of carbonyl (C=O) groups is 2. The highest BCUT2D eigenvalue weighted by molar-refractivity contribution is 6.30. The van der Waals surface area contributed by atoms with Gasteiger partial charge < -0.3 is 16.0 Å². The van der Waals surface area contributed by atoms with E-state index in [0.717, 1.165) is 31.2 Å². The average Bonchev–Trinajstić information content (AvgIpc) is 2.47. The molecule has 1 spiro atoms. The molecule has 1 heterocycles. The van der Waals surface area contributed by atoms with Gasteiger partial charge in [0.15, 0.2) is 0 Å². The van der Waals surface area contributed by atoms with E-state index in [1.165, 1.54) is 0 Å². The number of rotatable bonds is 4. The summed E-state index contributed by atoms with van der Waals surface area (Å²) in [6, 6.07) is 7.50. The highest BCUT2D eigenvalue weighted by atomic mass is 35.5. The van der Waals surface area contributed by atoms with E-state index in [4.69, 9.17) is 11.6 Å². The molecule has 1 saturated heterocycles. The van der Waals surface area contributed by atoms with Crippen LogP contribution in [0.5, 0.6) is 0 Å². The lowest BCUT2D eigenvalue weighted by molar-refractivity contribution is -0.127. The summed E-state index contributed by atoms with van der Waals surface area (Å²) in [5.74, 6) is 0.101. The third-order valence-electron chi connectivity index (χ3n) is 4.85. The maximum Gasteiger partial charge on any atom is 0.315 e. The van der Waals surface area contributed by atoms with Crippen LogP contribution in [0.25, 0.3) is 0 Å². The fraction of sp³-hybridized carbons (Fsp3) is 0.529. The molecule has 0 bridgehead atoms. The molecular weight excluding hydrogens is 314 g/mol. The first-order valence-corrected chi connectivity index (χ1v) is 8.55. The monoisotopic (exact) mass is 335 g/mol. The highest BCUT2D eigenvalue weighted by Gasteiger charge is 2.48. The zero-order valence-corrected chi connectivity index (χ0v) is 13.8. The van der Waals surface area contributed by atoms with E-state index in [1.54, 1.807) is 0 Å². The molecule has 3 N–H and O–H groups in total. The highest BCUT2D eigenvalue weighted by Crippen LogP contribution is 2.38. The van der Waals surface area contributed by atoms with Gasteiger partial charge in [-0.25, -0.2) is 4.79 Å². The Morgan fingerprint density at radius 1 is 1.39 bits per heavy atom. The Hall–Kier alpha value is -1.75. The molecule has 0 aromatic heterocycles. The molecule has 5 nitrogen and oxygen atoms in total. The van der Waals surface area contributed by atoms with E-state index in [-0.39, 0.29) is 23.5 Å². The van der Waals surface area contributed by atoms with Gasteiger partial charge in [0, 0.05) is 18.0 Å². The van der Waals surface area contributed by atoms with Crippen molar-refractivity contribution in [2.75, 3.05) is 6.54 Å². The third kappa shape index (κ3) is 3.78. The fourth-order valence-electron chi connectivity index (χ4n) is 3.44. The number of hydrogen-bond donors (Lipinski definition) is 3. The van der Waals surface area contributed by atoms with Gasteiger partial charge in [-0.1, -0.05) is 23.7 Å². The maximum atomic E-state index is 12.1. The van der Waals surface area contributed by atoms with Gasteiger partial charge in [0.25, 0.3) is 0 Å². The Balaban J connectivity index is 1.46. The molecule has 0 radical (unpaired) electrons. The molecule has 3 amide bonds. The van der Waals surface area contributed by atoms with Crippen molar-refractivity contribution in [1.29, 1.82) is 0 Å². The number of halogens is 1. The Kier molecular flexibility index (Phi) is 4.76. The number of hydrogen-bond acceptors (Lipinski definition) is 2. The smallest absolute Gasteiger partial charge is 0.315 e. The second-order valence-electron chi connectivity index (χ2n) is 6.43. The van der Waals surface area contributed by atoms with Crippen molar-refractivity contribution in [2.24, 2.45) is 0 Å². The second kappa shape index (κ2) is 6.79. The molecule has 1 aromatic rings. The average molecular weight is 336 g/mol. The van der Waals surface area contributed by atoms with Crippen LogP contribution in [-0.4, -0.2) is 30.1 Å². The molecule has 2 fully saturated rings. The molecule has 1 aliphatic heterocycles. The van der Waals surface area contributed by atoms with E-state index in [9.17, 15) is 9.59 Å². The molecule has 2 aliphatic rings. The number of urea groups is 1. The summed E-state index contributed by atoms with van der Waals surface area (Å²) < 4.78 is 0. The van der Waals surface area contributed by atoms with Gasteiger partial charge in [-0.3, -0.25) is 4.79 Å². The summed E-state index contributed by atoms with van der Waals surface area (Å²) in [6.07, 6.45) is 4.94. The van der Waals surface area contributed by atoms with Crippen molar-refractivity contribution in [3.63, 3.8) is 0 Å². The molecule has 1 aromatic carbocycles. The lowest BCUT2D eigenvalue weighted by Gasteiger charge is -2.50. The molecular formula is C17H22ClN3O2. The van der Waals surface area contributed by atoms with Crippen LogP contribution in [0.4, 0.5) is 4.79 Å². The van der Waals surface area contributed by atoms with Gasteiger partial charge in [0.2, 0.25) is 5.91 Å². The lowest BCUT2D eigenvalue weighted by Crippen LogP contribution is -2.69. The van der Waals surface area contributed by atoms with Crippen LogP contribution in [0.3, 0.4) is 0 Å². The molecule has 1 saturated carbocycles. The second-order valence-corrected chi connectivity index (χ2v) is 6.87. The summed E-state index contributed by atoms with van der Waals surface area (Å²) in [6.45, 7) is 0.554. The molecule has 6 heteroatoms. The quantitative estimate of drug-likeness (QED) is 0.790. The summed E-state index contributed by atoms with van der Waals surface area (Å²) in [5.41, 5.74) is 0.887. The van der Waals surface area contributed by atoms with Crippen LogP contribution in [0, 0.1) is 0 Å². The number of carbonyl (C=O) groups excluding carboxylic acids is 2. The zero-order chi connectivity index (χ0) is 16.3. The van der Waals surface area contributed by atoms with Crippen molar-refractivity contribution in [1.82, 2.24) is 16.0 Å². The minimum absolute atomic E-state index is 0.0279. The molecule has 1 aliphatic carbocycles. The van der Waals surface area contributed by atoms with Gasteiger partial charge in [-0.15, -0.1) is 0 Å². The van der Waals surface area contributed by atoms with Gasteiger partial charge in [0.1, 0.15) is 0 Å². The Labute approximate surface area is 141 Å². The lowest BCUT2D eigenvalue weighted by atomic mass is 9.68. The van der Waals surface area contributed by atoms with Crippen molar-refractivity contribution in [3.8, 4) is 0 Å². The van der Waals surface area contributed by atoms with Crippen LogP contribution in [0.2, 0.25) is 5.02 Å². The van der Waals surface area contributed by atoms with E-state index < -0.39 is 0 Å². The van der Waals surface area contributed by atoms with Crippen molar-refractivity contribution in [2.45, 2.75) is 50.1 Å². The van der Waals surface area contributed by atoms with Gasteiger partial charge in [-0.05, 0) is 49.8 Å². The summed E-state index contributed by atoms with van der Waals surface area (Å²) in [4.78, 5) is 23.7. The first kappa shape index (κ1) is 16.1. The molecule has 124 valence electrons. The molecule has 23 heavy (non-hydrogen) atoms. The van der Waals surface area contributed by atoms with Crippen LogP contribution in [0.15, 0.2) is 24.3 Å². The topological polar surface area (TPSA) is 70.2 Å². The Bertz CT molecular complexity index is 601. The van der Waals surface area contributed by atoms with Crippen molar-refractivity contribution >= 4 is 23.5 Å². The first-order chi connectivity index (χ1) is 11.1. The van der Waals surface area contributed by atoms with Gasteiger partial charge in [-0.2, -0.15) is 0 Å². The maximum absolute atomic E-state index is 12.1. The standard InChI is InChI=1S/C17H22ClN3O2/c18-13-4-1-3-12(11-13)7-10-19-16(23)20-14-5-6-15(22)21-17(14)8-2-9-17/h1,3-4,11,14H,2,5-10H2,(H,21,22)(H2,19,20,23)/t14-/m1/s1. The van der Waals surface area contributed by atoms with Crippen LogP contribution >= 0.6 is 11.6 Å². The van der Waals surface area contributed by atoms with Crippen LogP contribution in [-0.2, 0) is 11.2 Å². The van der Waals surface area contributed by atoms with E-state index >= 15 is 0 Å². The number of piperidine rings is 1. The minimum atomic E-state index is -0.209. The van der Waals surface area contributed by atoms with E-state index in [1.807, 2.05) is 24.3 Å². The van der Waals surface area contributed by atoms with Gasteiger partial charge >= 0.3 is 6.03 Å². The van der Waals surface area contributed by atoms with E-state index in [2.05, 4.69) is 16.0 Å². The SMILES string of the molecule is O=C1CC[C@@H](NC(=O)NCCc2cccc(Cl)c2)C2(CCC2)N1. The Morgan fingerprint density at radius 3 is 2.91 bits per heavy atom. The normalized spacial score (nSPS) is 22.1. The minimum Gasteiger partial charge on any atom is -0.349 e. The predicted molar refractivity (Wildman–Crippen MR) is 89.4 cm³/mol. The zero-order valence-electron chi connectivity index (χ0n) is 13.0. The number of amides is 3.